The van der Waals surface area contributed by atoms with E-state index in [0.717, 1.165) is 5.56 Å². The van der Waals surface area contributed by atoms with E-state index in [2.05, 4.69) is 18.2 Å². The van der Waals surface area contributed by atoms with E-state index in [1.54, 1.807) is 35.4 Å². The molecule has 0 aliphatic carbocycles. The van der Waals surface area contributed by atoms with Crippen molar-refractivity contribution in [3.8, 4) is 18.2 Å². The van der Waals surface area contributed by atoms with Crippen molar-refractivity contribution in [3.63, 3.8) is 0 Å². The second-order valence-corrected chi connectivity index (χ2v) is 8.83. The lowest BCUT2D eigenvalue weighted by Crippen LogP contribution is -2.48. The van der Waals surface area contributed by atoms with Crippen LogP contribution in [0.2, 0.25) is 0 Å². The molecule has 2 aliphatic heterocycles. The Labute approximate surface area is 209 Å². The Morgan fingerprint density at radius 2 is 1.47 bits per heavy atom. The van der Waals surface area contributed by atoms with Gasteiger partial charge in [-0.3, -0.25) is 4.79 Å². The number of carbonyl (C=O) groups is 1. The number of ketones is 1. The van der Waals surface area contributed by atoms with E-state index in [-0.39, 0.29) is 17.1 Å². The molecule has 0 radical (unpaired) electrons. The van der Waals surface area contributed by atoms with Crippen molar-refractivity contribution < 1.29 is 4.79 Å². The van der Waals surface area contributed by atoms with Crippen LogP contribution in [0.3, 0.4) is 0 Å². The van der Waals surface area contributed by atoms with Gasteiger partial charge in [0, 0.05) is 17.7 Å². The molecular formula is C30H21N5O. The first-order chi connectivity index (χ1) is 17.6. The molecule has 0 unspecified atom stereocenters. The van der Waals surface area contributed by atoms with Crippen LogP contribution in [0.1, 0.15) is 39.0 Å². The summed E-state index contributed by atoms with van der Waals surface area (Å²) in [5.41, 5.74) is 7.35. The molecular weight excluding hydrogens is 446 g/mol. The minimum Gasteiger partial charge on any atom is -0.399 e. The van der Waals surface area contributed by atoms with E-state index in [0.29, 0.717) is 16.7 Å². The summed E-state index contributed by atoms with van der Waals surface area (Å²) in [6.07, 6.45) is 3.62. The fourth-order valence-electron chi connectivity index (χ4n) is 5.36. The van der Waals surface area contributed by atoms with Crippen molar-refractivity contribution in [2.75, 3.05) is 0 Å². The molecule has 3 atom stereocenters. The largest absolute Gasteiger partial charge is 0.399 e. The number of fused-ring (bicyclic) bond motifs is 3. The molecule has 3 aromatic carbocycles. The smallest absolute Gasteiger partial charge is 0.207 e. The third-order valence-electron chi connectivity index (χ3n) is 7.05. The molecule has 0 bridgehead atoms. The number of nitriles is 3. The number of rotatable bonds is 3. The second-order valence-electron chi connectivity index (χ2n) is 8.83. The molecule has 6 nitrogen and oxygen atoms in total. The maximum Gasteiger partial charge on any atom is 0.207 e. The zero-order valence-corrected chi connectivity index (χ0v) is 19.2. The van der Waals surface area contributed by atoms with Gasteiger partial charge in [0.2, 0.25) is 5.41 Å². The van der Waals surface area contributed by atoms with Crippen molar-refractivity contribution in [1.29, 1.82) is 15.8 Å². The average molecular weight is 468 g/mol. The number of hydrogen-bond acceptors (Lipinski definition) is 6. The molecule has 172 valence electrons. The second kappa shape index (κ2) is 8.91. The van der Waals surface area contributed by atoms with Gasteiger partial charge >= 0.3 is 0 Å². The van der Waals surface area contributed by atoms with Crippen LogP contribution in [0, 0.1) is 39.4 Å². The molecule has 2 N–H and O–H groups in total. The van der Waals surface area contributed by atoms with E-state index in [1.807, 2.05) is 66.7 Å². The van der Waals surface area contributed by atoms with E-state index >= 15 is 0 Å². The SMILES string of the molecule is N#CC1=C(N)C(C#N)(C#N)[C@H]2c3ccccc3C=CN2[C@H](C(=O)c2ccccc2)[C@@H]1c1ccccc1. The van der Waals surface area contributed by atoms with Crippen LogP contribution in [0.4, 0.5) is 0 Å². The minimum atomic E-state index is -1.90. The Morgan fingerprint density at radius 3 is 2.11 bits per heavy atom. The number of Topliss-reactive ketones (excluding diaryl/α,β-unsaturated/α-hetero) is 1. The van der Waals surface area contributed by atoms with Gasteiger partial charge in [0.25, 0.3) is 0 Å². The lowest BCUT2D eigenvalue weighted by Gasteiger charge is -2.44. The zero-order valence-electron chi connectivity index (χ0n) is 19.2. The molecule has 0 saturated heterocycles. The number of hydrogen-bond donors (Lipinski definition) is 1. The fraction of sp³-hybridized carbons (Fsp3) is 0.133. The Kier molecular flexibility index (Phi) is 5.61. The van der Waals surface area contributed by atoms with Gasteiger partial charge in [-0.15, -0.1) is 0 Å². The molecule has 0 fully saturated rings. The highest BCUT2D eigenvalue weighted by Crippen LogP contribution is 2.53. The first-order valence-electron chi connectivity index (χ1n) is 11.5. The monoisotopic (exact) mass is 467 g/mol. The number of carbonyl (C=O) groups excluding carboxylic acids is 1. The van der Waals surface area contributed by atoms with Crippen molar-refractivity contribution in [3.05, 3.63) is 125 Å². The van der Waals surface area contributed by atoms with Crippen LogP contribution in [-0.2, 0) is 0 Å². The van der Waals surface area contributed by atoms with Gasteiger partial charge in [0.05, 0.1) is 35.5 Å². The topological polar surface area (TPSA) is 118 Å². The number of nitrogens with two attached hydrogens (primary N) is 1. The highest BCUT2D eigenvalue weighted by molar-refractivity contribution is 6.01. The predicted molar refractivity (Wildman–Crippen MR) is 134 cm³/mol. The lowest BCUT2D eigenvalue weighted by molar-refractivity contribution is 0.0770. The molecule has 6 heteroatoms. The Hall–Kier alpha value is -5.12. The molecule has 0 spiro atoms. The van der Waals surface area contributed by atoms with Crippen molar-refractivity contribution >= 4 is 11.9 Å². The maximum atomic E-state index is 14.2. The van der Waals surface area contributed by atoms with Gasteiger partial charge in [-0.2, -0.15) is 15.8 Å². The van der Waals surface area contributed by atoms with E-state index in [9.17, 15) is 20.6 Å². The minimum absolute atomic E-state index is 0.0545. The molecule has 2 heterocycles. The Balaban J connectivity index is 1.88. The molecule has 3 aromatic rings. The van der Waals surface area contributed by atoms with Crippen LogP contribution in [0.25, 0.3) is 6.08 Å². The summed E-state index contributed by atoms with van der Waals surface area (Å²) in [6, 6.07) is 30.1. The summed E-state index contributed by atoms with van der Waals surface area (Å²) in [5.74, 6) is -1.03. The standard InChI is InChI=1S/C30H21N5O/c31-17-24-25(21-10-3-1-4-11-21)26(27(36)22-12-5-2-6-13-22)35-16-15-20-9-7-8-14-23(20)29(35)30(18-32,19-33)28(24)34/h1-16,25-26,29H,34H2/t25-,26+,29-/m1/s1. The highest BCUT2D eigenvalue weighted by atomic mass is 16.1. The van der Waals surface area contributed by atoms with E-state index in [4.69, 9.17) is 5.73 Å². The van der Waals surface area contributed by atoms with Gasteiger partial charge in [-0.1, -0.05) is 84.9 Å². The third-order valence-corrected chi connectivity index (χ3v) is 7.05. The van der Waals surface area contributed by atoms with Crippen molar-refractivity contribution in [1.82, 2.24) is 4.90 Å². The van der Waals surface area contributed by atoms with Crippen LogP contribution in [-0.4, -0.2) is 16.7 Å². The van der Waals surface area contributed by atoms with Gasteiger partial charge in [0.15, 0.2) is 5.78 Å². The summed E-state index contributed by atoms with van der Waals surface area (Å²) >= 11 is 0. The van der Waals surface area contributed by atoms with Gasteiger partial charge < -0.3 is 10.6 Å². The quantitative estimate of drug-likeness (QED) is 0.551. The summed E-state index contributed by atoms with van der Waals surface area (Å²) in [7, 11) is 0. The van der Waals surface area contributed by atoms with Gasteiger partial charge in [-0.05, 0) is 22.8 Å². The number of benzene rings is 3. The lowest BCUT2D eigenvalue weighted by atomic mass is 9.73. The van der Waals surface area contributed by atoms with Gasteiger partial charge in [-0.25, -0.2) is 0 Å². The first kappa shape index (κ1) is 22.7. The Bertz CT molecular complexity index is 1510. The summed E-state index contributed by atoms with van der Waals surface area (Å²) in [4.78, 5) is 16.0. The molecule has 5 rings (SSSR count). The Morgan fingerprint density at radius 1 is 0.861 bits per heavy atom. The summed E-state index contributed by atoms with van der Waals surface area (Å²) in [6.45, 7) is 0. The molecule has 36 heavy (non-hydrogen) atoms. The summed E-state index contributed by atoms with van der Waals surface area (Å²) in [5, 5.41) is 31.3. The van der Waals surface area contributed by atoms with E-state index in [1.165, 1.54) is 0 Å². The molecule has 2 aliphatic rings. The van der Waals surface area contributed by atoms with Crippen LogP contribution >= 0.6 is 0 Å². The third kappa shape index (κ3) is 3.27. The average Bonchev–Trinajstić information content (AvgIpc) is 3.04. The number of nitrogens with zero attached hydrogens (tertiary/aromatic N) is 4. The zero-order chi connectivity index (χ0) is 25.3. The molecule has 0 amide bonds. The summed E-state index contributed by atoms with van der Waals surface area (Å²) < 4.78 is 0. The van der Waals surface area contributed by atoms with E-state index < -0.39 is 23.4 Å². The maximum absolute atomic E-state index is 14.2. The van der Waals surface area contributed by atoms with Crippen LogP contribution in [0.5, 0.6) is 0 Å². The van der Waals surface area contributed by atoms with Crippen LogP contribution < -0.4 is 5.73 Å². The van der Waals surface area contributed by atoms with Crippen molar-refractivity contribution in [2.24, 2.45) is 11.1 Å². The fourth-order valence-corrected chi connectivity index (χ4v) is 5.36. The van der Waals surface area contributed by atoms with Crippen molar-refractivity contribution in [2.45, 2.75) is 18.0 Å². The highest BCUT2D eigenvalue weighted by Gasteiger charge is 2.56. The first-order valence-corrected chi connectivity index (χ1v) is 11.5. The molecule has 0 saturated carbocycles. The van der Waals surface area contributed by atoms with Crippen LogP contribution in [0.15, 0.2) is 102 Å². The normalized spacial score (nSPS) is 21.7. The predicted octanol–water partition coefficient (Wildman–Crippen LogP) is 4.83. The van der Waals surface area contributed by atoms with Gasteiger partial charge in [0.1, 0.15) is 6.04 Å². The molecule has 0 aromatic heterocycles.